The first kappa shape index (κ1) is 21.6. The van der Waals surface area contributed by atoms with Crippen LogP contribution in [0.2, 0.25) is 0 Å². The summed E-state index contributed by atoms with van der Waals surface area (Å²) in [5.41, 5.74) is 0. The fraction of sp³-hybridized carbons (Fsp3) is 1.00. The Kier molecular flexibility index (Phi) is 16.0. The Bertz CT molecular complexity index is 197. The molecule has 0 aromatic heterocycles. The summed E-state index contributed by atoms with van der Waals surface area (Å²) < 4.78 is 13.5. The van der Waals surface area contributed by atoms with E-state index >= 15 is 0 Å². The first-order valence-corrected chi connectivity index (χ1v) is 11.3. The molecular formula is C18H37FS2. The van der Waals surface area contributed by atoms with Crippen LogP contribution < -0.4 is 0 Å². The Morgan fingerprint density at radius 3 is 1.67 bits per heavy atom. The predicted octanol–water partition coefficient (Wildman–Crippen LogP) is 7.67. The zero-order chi connectivity index (χ0) is 15.9. The molecule has 1 atom stereocenters. The number of halogens is 1. The second-order valence-corrected chi connectivity index (χ2v) is 9.48. The van der Waals surface area contributed by atoms with E-state index in [1.54, 1.807) is 10.8 Å². The van der Waals surface area contributed by atoms with Crippen LogP contribution in [0.4, 0.5) is 4.39 Å². The van der Waals surface area contributed by atoms with Gasteiger partial charge in [-0.1, -0.05) is 101 Å². The van der Waals surface area contributed by atoms with Crippen LogP contribution in [-0.4, -0.2) is 17.2 Å². The third-order valence-electron chi connectivity index (χ3n) is 3.91. The average Bonchev–Trinajstić information content (AvgIpc) is 2.47. The molecule has 0 bridgehead atoms. The zero-order valence-corrected chi connectivity index (χ0v) is 16.3. The summed E-state index contributed by atoms with van der Waals surface area (Å²) in [6, 6.07) is 0. The molecule has 0 aromatic carbocycles. The van der Waals surface area contributed by atoms with Gasteiger partial charge in [0.25, 0.3) is 0 Å². The van der Waals surface area contributed by atoms with Gasteiger partial charge in [0.05, 0.1) is 0 Å². The smallest absolute Gasteiger partial charge is 0.102 e. The van der Waals surface area contributed by atoms with Crippen molar-refractivity contribution in [1.82, 2.24) is 0 Å². The molecule has 0 fully saturated rings. The van der Waals surface area contributed by atoms with Crippen molar-refractivity contribution in [3.8, 4) is 0 Å². The van der Waals surface area contributed by atoms with Gasteiger partial charge in [0, 0.05) is 10.5 Å². The van der Waals surface area contributed by atoms with Crippen LogP contribution in [0.3, 0.4) is 0 Å². The number of unbranched alkanes of at least 4 members (excludes halogenated alkanes) is 6. The van der Waals surface area contributed by atoms with Crippen molar-refractivity contribution >= 4 is 21.6 Å². The lowest BCUT2D eigenvalue weighted by Gasteiger charge is -2.25. The van der Waals surface area contributed by atoms with E-state index < -0.39 is 0 Å². The van der Waals surface area contributed by atoms with Crippen molar-refractivity contribution in [2.24, 2.45) is 5.92 Å². The molecule has 128 valence electrons. The van der Waals surface area contributed by atoms with Crippen LogP contribution in [0.5, 0.6) is 0 Å². The molecule has 0 radical (unpaired) electrons. The molecule has 21 heavy (non-hydrogen) atoms. The minimum absolute atomic E-state index is 0.156. The van der Waals surface area contributed by atoms with Crippen molar-refractivity contribution in [3.05, 3.63) is 0 Å². The van der Waals surface area contributed by atoms with E-state index in [0.29, 0.717) is 11.2 Å². The van der Waals surface area contributed by atoms with Gasteiger partial charge in [-0.3, -0.25) is 0 Å². The van der Waals surface area contributed by atoms with Crippen LogP contribution in [0.15, 0.2) is 0 Å². The molecule has 0 saturated heterocycles. The molecular weight excluding hydrogens is 299 g/mol. The first-order valence-electron chi connectivity index (χ1n) is 9.03. The Labute approximate surface area is 141 Å². The first-order chi connectivity index (χ1) is 10.2. The van der Waals surface area contributed by atoms with Crippen LogP contribution in [0.25, 0.3) is 0 Å². The monoisotopic (exact) mass is 336 g/mol. The third-order valence-corrected chi connectivity index (χ3v) is 7.39. The van der Waals surface area contributed by atoms with E-state index in [2.05, 4.69) is 27.7 Å². The standard InChI is InChI=1S/C18H37FS2/c1-5-7-9-11-13-17(14-12-10-8-6-2)18(15-19)21-20-16(3)4/h16-18H,5-15H2,1-4H3/t18-/m1/s1. The number of rotatable bonds is 15. The van der Waals surface area contributed by atoms with Crippen molar-refractivity contribution < 1.29 is 4.39 Å². The fourth-order valence-corrected chi connectivity index (χ4v) is 5.16. The maximum absolute atomic E-state index is 13.5. The lowest BCUT2D eigenvalue weighted by atomic mass is 9.92. The number of hydrogen-bond donors (Lipinski definition) is 0. The molecule has 3 heteroatoms. The summed E-state index contributed by atoms with van der Waals surface area (Å²) in [5.74, 6) is 0.583. The second kappa shape index (κ2) is 15.5. The quantitative estimate of drug-likeness (QED) is 0.222. The molecule has 0 N–H and O–H groups in total. The van der Waals surface area contributed by atoms with E-state index in [-0.39, 0.29) is 11.9 Å². The third kappa shape index (κ3) is 12.8. The van der Waals surface area contributed by atoms with Gasteiger partial charge in [0.2, 0.25) is 0 Å². The highest BCUT2D eigenvalue weighted by molar-refractivity contribution is 8.77. The maximum atomic E-state index is 13.5. The fourth-order valence-electron chi connectivity index (χ4n) is 2.60. The van der Waals surface area contributed by atoms with E-state index in [1.165, 1.54) is 64.2 Å². The molecule has 0 rings (SSSR count). The summed E-state index contributed by atoms with van der Waals surface area (Å²) >= 11 is 0. The van der Waals surface area contributed by atoms with Crippen molar-refractivity contribution in [2.75, 3.05) is 6.67 Å². The highest BCUT2D eigenvalue weighted by Gasteiger charge is 2.22. The lowest BCUT2D eigenvalue weighted by Crippen LogP contribution is -2.19. The minimum atomic E-state index is -0.156. The minimum Gasteiger partial charge on any atom is -0.250 e. The van der Waals surface area contributed by atoms with Gasteiger partial charge in [0.1, 0.15) is 6.67 Å². The van der Waals surface area contributed by atoms with Crippen LogP contribution >= 0.6 is 21.6 Å². The van der Waals surface area contributed by atoms with Gasteiger partial charge in [-0.15, -0.1) is 0 Å². The highest BCUT2D eigenvalue weighted by Crippen LogP contribution is 2.38. The Morgan fingerprint density at radius 1 is 0.762 bits per heavy atom. The van der Waals surface area contributed by atoms with Gasteiger partial charge >= 0.3 is 0 Å². The van der Waals surface area contributed by atoms with Gasteiger partial charge < -0.3 is 0 Å². The van der Waals surface area contributed by atoms with E-state index in [0.717, 1.165) is 0 Å². The van der Waals surface area contributed by atoms with Crippen LogP contribution in [-0.2, 0) is 0 Å². The lowest BCUT2D eigenvalue weighted by molar-refractivity contribution is 0.345. The molecule has 0 amide bonds. The molecule has 0 nitrogen and oxygen atoms in total. The maximum Gasteiger partial charge on any atom is 0.102 e. The van der Waals surface area contributed by atoms with Gasteiger partial charge in [-0.05, 0) is 18.8 Å². The summed E-state index contributed by atoms with van der Waals surface area (Å²) in [5, 5.41) is 0.797. The molecule has 0 aliphatic rings. The molecule has 0 aromatic rings. The largest absolute Gasteiger partial charge is 0.250 e. The molecule has 0 spiro atoms. The average molecular weight is 337 g/mol. The van der Waals surface area contributed by atoms with E-state index in [4.69, 9.17) is 0 Å². The van der Waals surface area contributed by atoms with E-state index in [9.17, 15) is 4.39 Å². The predicted molar refractivity (Wildman–Crippen MR) is 101 cm³/mol. The number of hydrogen-bond acceptors (Lipinski definition) is 2. The molecule has 0 unspecified atom stereocenters. The molecule has 0 heterocycles. The SMILES string of the molecule is CCCCCCC(CCCCCC)[C@@H](CF)SSC(C)C. The van der Waals surface area contributed by atoms with Gasteiger partial charge in [0.15, 0.2) is 0 Å². The zero-order valence-electron chi connectivity index (χ0n) is 14.7. The van der Waals surface area contributed by atoms with Crippen molar-refractivity contribution in [2.45, 2.75) is 102 Å². The second-order valence-electron chi connectivity index (χ2n) is 6.39. The van der Waals surface area contributed by atoms with Crippen molar-refractivity contribution in [3.63, 3.8) is 0 Å². The Hall–Kier alpha value is 0.630. The molecule has 0 aliphatic heterocycles. The highest BCUT2D eigenvalue weighted by atomic mass is 33.1. The topological polar surface area (TPSA) is 0 Å². The summed E-state index contributed by atoms with van der Waals surface area (Å²) in [7, 11) is 3.66. The molecule has 0 aliphatic carbocycles. The van der Waals surface area contributed by atoms with E-state index in [1.807, 2.05) is 10.8 Å². The summed E-state index contributed by atoms with van der Waals surface area (Å²) in [4.78, 5) is 0. The van der Waals surface area contributed by atoms with Crippen LogP contribution in [0.1, 0.15) is 91.9 Å². The Balaban J connectivity index is 4.21. The summed E-state index contributed by atoms with van der Waals surface area (Å²) in [6.07, 6.45) is 12.9. The number of alkyl halides is 1. The van der Waals surface area contributed by atoms with Crippen LogP contribution in [0, 0.1) is 5.92 Å². The van der Waals surface area contributed by atoms with Crippen molar-refractivity contribution in [1.29, 1.82) is 0 Å². The normalized spacial score (nSPS) is 13.3. The Morgan fingerprint density at radius 2 is 1.29 bits per heavy atom. The van der Waals surface area contributed by atoms with Gasteiger partial charge in [-0.2, -0.15) is 0 Å². The summed E-state index contributed by atoms with van der Waals surface area (Å²) in [6.45, 7) is 8.75. The molecule has 0 saturated carbocycles. The van der Waals surface area contributed by atoms with Gasteiger partial charge in [-0.25, -0.2) is 4.39 Å².